The topological polar surface area (TPSA) is 68.8 Å². The van der Waals surface area contributed by atoms with Crippen LogP contribution in [-0.4, -0.2) is 19.7 Å². The lowest BCUT2D eigenvalue weighted by Gasteiger charge is -2.18. The lowest BCUT2D eigenvalue weighted by molar-refractivity contribution is 0.613. The predicted octanol–water partition coefficient (Wildman–Crippen LogP) is 6.93. The maximum absolute atomic E-state index is 5.65. The van der Waals surface area contributed by atoms with Gasteiger partial charge in [-0.05, 0) is 66.4 Å². The maximum Gasteiger partial charge on any atom is 0.134 e. The van der Waals surface area contributed by atoms with Gasteiger partial charge >= 0.3 is 0 Å². The number of rotatable bonds is 5. The first-order chi connectivity index (χ1) is 17.0. The zero-order valence-corrected chi connectivity index (χ0v) is 19.9. The third-order valence-electron chi connectivity index (χ3n) is 6.46. The zero-order chi connectivity index (χ0) is 23.9. The second-order valence-electron chi connectivity index (χ2n) is 8.97. The molecule has 0 aliphatic carbocycles. The average Bonchev–Trinajstić information content (AvgIpc) is 3.49. The minimum absolute atomic E-state index is 0.0900. The molecule has 3 heterocycles. The molecule has 1 N–H and O–H groups in total. The largest absolute Gasteiger partial charge is 0.464 e. The van der Waals surface area contributed by atoms with Gasteiger partial charge in [-0.3, -0.25) is 14.6 Å². The van der Waals surface area contributed by atoms with Crippen molar-refractivity contribution >= 4 is 27.7 Å². The zero-order valence-electron chi connectivity index (χ0n) is 19.9. The van der Waals surface area contributed by atoms with Crippen molar-refractivity contribution in [1.82, 2.24) is 19.7 Å². The van der Waals surface area contributed by atoms with Crippen LogP contribution in [0.4, 0.5) is 5.69 Å². The Hall–Kier alpha value is -4.45. The number of benzene rings is 3. The van der Waals surface area contributed by atoms with Crippen molar-refractivity contribution in [1.29, 1.82) is 0 Å². The Balaban J connectivity index is 1.38. The molecule has 0 radical (unpaired) electrons. The normalized spacial score (nSPS) is 12.3. The summed E-state index contributed by atoms with van der Waals surface area (Å²) in [4.78, 5) is 9.26. The first-order valence-corrected chi connectivity index (χ1v) is 11.6. The summed E-state index contributed by atoms with van der Waals surface area (Å²) in [6.07, 6.45) is 9.20. The van der Waals surface area contributed by atoms with Crippen molar-refractivity contribution in [2.24, 2.45) is 7.05 Å². The van der Waals surface area contributed by atoms with Crippen LogP contribution in [0.1, 0.15) is 24.1 Å². The number of nitrogens with one attached hydrogen (secondary N) is 1. The molecule has 3 aromatic carbocycles. The highest BCUT2D eigenvalue weighted by Crippen LogP contribution is 2.34. The molecule has 6 aromatic rings. The number of aromatic nitrogens is 4. The second-order valence-corrected chi connectivity index (χ2v) is 8.97. The number of furan rings is 1. The number of hydrogen-bond donors (Lipinski definition) is 1. The molecule has 1 atom stereocenters. The summed E-state index contributed by atoms with van der Waals surface area (Å²) >= 11 is 0. The molecule has 0 spiro atoms. The van der Waals surface area contributed by atoms with Crippen LogP contribution in [0, 0.1) is 6.92 Å². The monoisotopic (exact) mass is 459 g/mol. The Labute approximate surface area is 203 Å². The minimum atomic E-state index is 0.0900. The van der Waals surface area contributed by atoms with E-state index in [9.17, 15) is 0 Å². The molecule has 0 fully saturated rings. The molecule has 0 aliphatic heterocycles. The molecule has 6 heteroatoms. The fourth-order valence-electron chi connectivity index (χ4n) is 4.59. The van der Waals surface area contributed by atoms with Gasteiger partial charge in [0, 0.05) is 53.9 Å². The van der Waals surface area contributed by atoms with Gasteiger partial charge in [0.25, 0.3) is 0 Å². The summed E-state index contributed by atoms with van der Waals surface area (Å²) in [7, 11) is 1.93. The van der Waals surface area contributed by atoms with E-state index in [0.29, 0.717) is 0 Å². The number of anilines is 1. The lowest BCUT2D eigenvalue weighted by Crippen LogP contribution is -2.07. The molecule has 0 bridgehead atoms. The van der Waals surface area contributed by atoms with E-state index >= 15 is 0 Å². The van der Waals surface area contributed by atoms with E-state index in [1.165, 1.54) is 5.56 Å². The Bertz CT molecular complexity index is 1680. The van der Waals surface area contributed by atoms with Crippen molar-refractivity contribution < 1.29 is 4.42 Å². The van der Waals surface area contributed by atoms with Crippen LogP contribution in [0.5, 0.6) is 0 Å². The summed E-state index contributed by atoms with van der Waals surface area (Å²) in [5.74, 6) is 0. The van der Waals surface area contributed by atoms with Crippen LogP contribution in [0.25, 0.3) is 44.3 Å². The molecule has 0 saturated carbocycles. The van der Waals surface area contributed by atoms with Crippen molar-refractivity contribution in [2.75, 3.05) is 5.32 Å². The van der Waals surface area contributed by atoms with Gasteiger partial charge in [0.15, 0.2) is 0 Å². The highest BCUT2D eigenvalue weighted by Gasteiger charge is 2.14. The van der Waals surface area contributed by atoms with E-state index in [1.54, 1.807) is 18.7 Å². The van der Waals surface area contributed by atoms with Crippen LogP contribution < -0.4 is 5.32 Å². The number of aryl methyl sites for hydroxylation is 2. The van der Waals surface area contributed by atoms with Crippen LogP contribution in [0.15, 0.2) is 90.1 Å². The maximum atomic E-state index is 5.65. The first kappa shape index (κ1) is 21.1. The van der Waals surface area contributed by atoms with Gasteiger partial charge in [-0.2, -0.15) is 5.10 Å². The summed E-state index contributed by atoms with van der Waals surface area (Å²) < 4.78 is 7.47. The second kappa shape index (κ2) is 8.40. The Kier molecular flexibility index (Phi) is 5.07. The van der Waals surface area contributed by atoms with Gasteiger partial charge in [-0.25, -0.2) is 0 Å². The highest BCUT2D eigenvalue weighted by atomic mass is 16.3. The van der Waals surface area contributed by atoms with Crippen molar-refractivity contribution in [3.8, 4) is 22.3 Å². The minimum Gasteiger partial charge on any atom is -0.464 e. The Morgan fingerprint density at radius 2 is 1.83 bits per heavy atom. The fraction of sp³-hybridized carbons (Fsp3) is 0.138. The van der Waals surface area contributed by atoms with E-state index < -0.39 is 0 Å². The molecule has 0 saturated heterocycles. The van der Waals surface area contributed by atoms with Crippen molar-refractivity contribution in [3.63, 3.8) is 0 Å². The van der Waals surface area contributed by atoms with Crippen LogP contribution >= 0.6 is 0 Å². The van der Waals surface area contributed by atoms with Gasteiger partial charge in [0.2, 0.25) is 0 Å². The lowest BCUT2D eigenvalue weighted by atomic mass is 9.99. The molecule has 3 aromatic heterocycles. The van der Waals surface area contributed by atoms with Gasteiger partial charge in [-0.1, -0.05) is 24.3 Å². The van der Waals surface area contributed by atoms with Crippen LogP contribution in [0.3, 0.4) is 0 Å². The predicted molar refractivity (Wildman–Crippen MR) is 140 cm³/mol. The molecule has 172 valence electrons. The quantitative estimate of drug-likeness (QED) is 0.303. The van der Waals surface area contributed by atoms with Gasteiger partial charge < -0.3 is 9.73 Å². The smallest absolute Gasteiger partial charge is 0.134 e. The molecule has 35 heavy (non-hydrogen) atoms. The molecule has 6 rings (SSSR count). The van der Waals surface area contributed by atoms with Gasteiger partial charge in [0.1, 0.15) is 5.58 Å². The van der Waals surface area contributed by atoms with E-state index in [4.69, 9.17) is 4.42 Å². The third-order valence-corrected chi connectivity index (χ3v) is 6.46. The molecule has 0 aliphatic rings. The highest BCUT2D eigenvalue weighted by molar-refractivity contribution is 5.97. The Morgan fingerprint density at radius 1 is 0.943 bits per heavy atom. The number of hydrogen-bond acceptors (Lipinski definition) is 5. The molecular formula is C29H25N5O. The van der Waals surface area contributed by atoms with Crippen LogP contribution in [0.2, 0.25) is 0 Å². The SMILES string of the molecule is Cc1coc2ccc(-c3cc(NC(C)c4cccc(-c5cnn(C)c5)c4)cc4nccnc34)cc12. The average molecular weight is 460 g/mol. The van der Waals surface area contributed by atoms with E-state index in [1.807, 2.05) is 30.2 Å². The van der Waals surface area contributed by atoms with Gasteiger partial charge in [0.05, 0.1) is 23.5 Å². The number of fused-ring (bicyclic) bond motifs is 2. The van der Waals surface area contributed by atoms with Gasteiger partial charge in [-0.15, -0.1) is 0 Å². The van der Waals surface area contributed by atoms with Crippen molar-refractivity contribution in [3.05, 3.63) is 96.8 Å². The molecule has 1 unspecified atom stereocenters. The first-order valence-electron chi connectivity index (χ1n) is 11.6. The van der Waals surface area contributed by atoms with Crippen molar-refractivity contribution in [2.45, 2.75) is 19.9 Å². The van der Waals surface area contributed by atoms with E-state index in [-0.39, 0.29) is 6.04 Å². The van der Waals surface area contributed by atoms with E-state index in [0.717, 1.165) is 55.5 Å². The fourth-order valence-corrected chi connectivity index (χ4v) is 4.59. The summed E-state index contributed by atoms with van der Waals surface area (Å²) in [6, 6.07) is 19.2. The molecular weight excluding hydrogens is 434 g/mol. The third kappa shape index (κ3) is 3.93. The Morgan fingerprint density at radius 3 is 2.69 bits per heavy atom. The van der Waals surface area contributed by atoms with Crippen LogP contribution in [-0.2, 0) is 7.05 Å². The summed E-state index contributed by atoms with van der Waals surface area (Å²) in [5, 5.41) is 9.10. The molecule has 6 nitrogen and oxygen atoms in total. The number of nitrogens with zero attached hydrogens (tertiary/aromatic N) is 4. The standard InChI is InChI=1S/C29H25N5O/c1-18-17-35-28-8-7-22(12-25(18)28)26-13-24(14-27-29(26)31-10-9-30-27)33-19(2)20-5-4-6-21(11-20)23-15-32-34(3)16-23/h4-17,19,33H,1-3H3. The van der Waals surface area contributed by atoms with E-state index in [2.05, 4.69) is 82.8 Å². The summed E-state index contributed by atoms with van der Waals surface area (Å²) in [6.45, 7) is 4.23. The summed E-state index contributed by atoms with van der Waals surface area (Å²) in [5.41, 5.74) is 10.3. The molecule has 0 amide bonds.